The molecule has 0 spiro atoms. The fourth-order valence-electron chi connectivity index (χ4n) is 3.26. The van der Waals surface area contributed by atoms with Crippen LogP contribution in [0.2, 0.25) is 5.02 Å². The minimum atomic E-state index is -0.218. The lowest BCUT2D eigenvalue weighted by Crippen LogP contribution is -2.28. The van der Waals surface area contributed by atoms with E-state index in [4.69, 9.17) is 11.6 Å². The molecule has 0 saturated heterocycles. The predicted octanol–water partition coefficient (Wildman–Crippen LogP) is 2.58. The zero-order valence-electron chi connectivity index (χ0n) is 16.7. The quantitative estimate of drug-likeness (QED) is 0.503. The Morgan fingerprint density at radius 3 is 2.76 bits per heavy atom. The molecule has 4 aromatic heterocycles. The van der Waals surface area contributed by atoms with E-state index in [1.165, 1.54) is 0 Å². The van der Waals surface area contributed by atoms with Gasteiger partial charge in [0.25, 0.3) is 5.91 Å². The number of carbonyl (C=O) groups excluding carboxylic acids is 1. The highest BCUT2D eigenvalue weighted by atomic mass is 35.5. The second-order valence-corrected chi connectivity index (χ2v) is 7.22. The van der Waals surface area contributed by atoms with Crippen molar-refractivity contribution in [1.82, 2.24) is 39.1 Å². The summed E-state index contributed by atoms with van der Waals surface area (Å²) in [5, 5.41) is 13.6. The molecule has 0 N–H and O–H groups in total. The van der Waals surface area contributed by atoms with Gasteiger partial charge in [-0.25, -0.2) is 9.50 Å². The van der Waals surface area contributed by atoms with Crippen LogP contribution in [0.1, 0.15) is 28.8 Å². The van der Waals surface area contributed by atoms with Crippen molar-refractivity contribution in [2.45, 2.75) is 26.9 Å². The Labute approximate surface area is 172 Å². The van der Waals surface area contributed by atoms with E-state index >= 15 is 0 Å². The number of fused-ring (bicyclic) bond motifs is 1. The first-order chi connectivity index (χ1) is 13.9. The molecule has 0 aromatic carbocycles. The number of amides is 1. The molecule has 0 aliphatic carbocycles. The molecular formula is C19H21ClN8O. The number of aromatic nitrogens is 7. The molecule has 4 heterocycles. The number of hydrogen-bond acceptors (Lipinski definition) is 5. The molecule has 0 aliphatic rings. The molecule has 0 atom stereocenters. The van der Waals surface area contributed by atoms with Crippen LogP contribution in [-0.2, 0) is 20.1 Å². The van der Waals surface area contributed by atoms with Gasteiger partial charge in [0.1, 0.15) is 0 Å². The average Bonchev–Trinajstić information content (AvgIpc) is 3.39. The SMILES string of the molecule is CCn1ncc(Cl)c1CN(C)C(=O)c1cc2nccc(-c3cnn(C)c3C)n2n1. The van der Waals surface area contributed by atoms with Crippen LogP contribution in [-0.4, -0.2) is 52.0 Å². The van der Waals surface area contributed by atoms with Crippen molar-refractivity contribution in [2.24, 2.45) is 7.05 Å². The van der Waals surface area contributed by atoms with Gasteiger partial charge in [0.2, 0.25) is 0 Å². The van der Waals surface area contributed by atoms with Crippen molar-refractivity contribution >= 4 is 23.2 Å². The number of halogens is 1. The molecule has 4 rings (SSSR count). The Morgan fingerprint density at radius 2 is 2.07 bits per heavy atom. The fourth-order valence-corrected chi connectivity index (χ4v) is 3.46. The maximum absolute atomic E-state index is 13.0. The molecule has 0 aliphatic heterocycles. The highest BCUT2D eigenvalue weighted by Gasteiger charge is 2.21. The Hall–Kier alpha value is -3.20. The van der Waals surface area contributed by atoms with Crippen LogP contribution in [0.3, 0.4) is 0 Å². The molecule has 29 heavy (non-hydrogen) atoms. The van der Waals surface area contributed by atoms with Crippen LogP contribution in [0.4, 0.5) is 0 Å². The lowest BCUT2D eigenvalue weighted by molar-refractivity contribution is 0.0775. The molecule has 1 amide bonds. The Balaban J connectivity index is 1.67. The monoisotopic (exact) mass is 412 g/mol. The molecule has 0 unspecified atom stereocenters. The van der Waals surface area contributed by atoms with Crippen molar-refractivity contribution in [3.8, 4) is 11.3 Å². The van der Waals surface area contributed by atoms with Gasteiger partial charge in [-0.05, 0) is 19.9 Å². The third-order valence-electron chi connectivity index (χ3n) is 5.02. The van der Waals surface area contributed by atoms with Gasteiger partial charge in [-0.15, -0.1) is 0 Å². The van der Waals surface area contributed by atoms with Crippen LogP contribution < -0.4 is 0 Å². The van der Waals surface area contributed by atoms with Crippen LogP contribution in [0, 0.1) is 6.92 Å². The Kier molecular flexibility index (Phi) is 4.83. The molecule has 9 nitrogen and oxygen atoms in total. The zero-order chi connectivity index (χ0) is 20.7. The van der Waals surface area contributed by atoms with E-state index < -0.39 is 0 Å². The predicted molar refractivity (Wildman–Crippen MR) is 109 cm³/mol. The van der Waals surface area contributed by atoms with E-state index in [1.807, 2.05) is 27.0 Å². The van der Waals surface area contributed by atoms with Crippen molar-refractivity contribution in [3.63, 3.8) is 0 Å². The van der Waals surface area contributed by atoms with Gasteiger partial charge in [0.05, 0.1) is 35.3 Å². The lowest BCUT2D eigenvalue weighted by Gasteiger charge is -2.16. The van der Waals surface area contributed by atoms with Gasteiger partial charge in [-0.3, -0.25) is 14.2 Å². The minimum absolute atomic E-state index is 0.218. The molecule has 0 saturated carbocycles. The van der Waals surface area contributed by atoms with E-state index in [0.29, 0.717) is 29.5 Å². The summed E-state index contributed by atoms with van der Waals surface area (Å²) in [4.78, 5) is 18.9. The standard InChI is InChI=1S/C19H21ClN8O/c1-5-27-17(14(20)10-23-27)11-25(3)19(29)15-8-18-21-7-6-16(28(18)24-15)13-9-22-26(4)12(13)2/h6-10H,5,11H2,1-4H3. The van der Waals surface area contributed by atoms with Crippen LogP contribution >= 0.6 is 11.6 Å². The summed E-state index contributed by atoms with van der Waals surface area (Å²) in [5.41, 5.74) is 4.47. The zero-order valence-corrected chi connectivity index (χ0v) is 17.4. The molecular weight excluding hydrogens is 392 g/mol. The molecule has 4 aromatic rings. The van der Waals surface area contributed by atoms with Crippen molar-refractivity contribution in [2.75, 3.05) is 7.05 Å². The first kappa shape index (κ1) is 19.1. The van der Waals surface area contributed by atoms with E-state index in [2.05, 4.69) is 20.3 Å². The smallest absolute Gasteiger partial charge is 0.274 e. The fraction of sp³-hybridized carbons (Fsp3) is 0.316. The van der Waals surface area contributed by atoms with E-state index in [-0.39, 0.29) is 5.91 Å². The maximum Gasteiger partial charge on any atom is 0.274 e. The highest BCUT2D eigenvalue weighted by Crippen LogP contribution is 2.23. The van der Waals surface area contributed by atoms with Crippen molar-refractivity contribution in [1.29, 1.82) is 0 Å². The number of nitrogens with zero attached hydrogens (tertiary/aromatic N) is 8. The third kappa shape index (κ3) is 3.27. The van der Waals surface area contributed by atoms with E-state index in [0.717, 1.165) is 22.6 Å². The number of aryl methyl sites for hydroxylation is 2. The molecule has 10 heteroatoms. The summed E-state index contributed by atoms with van der Waals surface area (Å²) in [6.07, 6.45) is 5.08. The topological polar surface area (TPSA) is 86.1 Å². The van der Waals surface area contributed by atoms with Crippen molar-refractivity contribution in [3.05, 3.63) is 52.8 Å². The first-order valence-electron chi connectivity index (χ1n) is 9.20. The number of carbonyl (C=O) groups is 1. The summed E-state index contributed by atoms with van der Waals surface area (Å²) in [7, 11) is 3.60. The summed E-state index contributed by atoms with van der Waals surface area (Å²) in [6, 6.07) is 3.55. The third-order valence-corrected chi connectivity index (χ3v) is 5.33. The van der Waals surface area contributed by atoms with Crippen molar-refractivity contribution < 1.29 is 4.79 Å². The molecule has 0 radical (unpaired) electrons. The highest BCUT2D eigenvalue weighted by molar-refractivity contribution is 6.31. The second kappa shape index (κ2) is 7.32. The van der Waals surface area contributed by atoms with Gasteiger partial charge < -0.3 is 4.90 Å². The first-order valence-corrected chi connectivity index (χ1v) is 9.58. The van der Waals surface area contributed by atoms with Gasteiger partial charge in [-0.1, -0.05) is 11.6 Å². The number of hydrogen-bond donors (Lipinski definition) is 0. The van der Waals surface area contributed by atoms with Crippen LogP contribution in [0.15, 0.2) is 30.7 Å². The minimum Gasteiger partial charge on any atom is -0.334 e. The van der Waals surface area contributed by atoms with Gasteiger partial charge in [0, 0.05) is 44.2 Å². The Morgan fingerprint density at radius 1 is 1.28 bits per heavy atom. The van der Waals surface area contributed by atoms with E-state index in [9.17, 15) is 4.79 Å². The van der Waals surface area contributed by atoms with Gasteiger partial charge in [-0.2, -0.15) is 15.3 Å². The van der Waals surface area contributed by atoms with Crippen LogP contribution in [0.5, 0.6) is 0 Å². The van der Waals surface area contributed by atoms with E-state index in [1.54, 1.807) is 50.5 Å². The Bertz CT molecular complexity index is 1200. The normalized spacial score (nSPS) is 11.3. The van der Waals surface area contributed by atoms with Gasteiger partial charge in [0.15, 0.2) is 11.3 Å². The molecule has 150 valence electrons. The maximum atomic E-state index is 13.0. The summed E-state index contributed by atoms with van der Waals surface area (Å²) >= 11 is 6.23. The summed E-state index contributed by atoms with van der Waals surface area (Å²) < 4.78 is 5.25. The van der Waals surface area contributed by atoms with Gasteiger partial charge >= 0.3 is 0 Å². The summed E-state index contributed by atoms with van der Waals surface area (Å²) in [6.45, 7) is 4.97. The second-order valence-electron chi connectivity index (χ2n) is 6.81. The largest absolute Gasteiger partial charge is 0.334 e. The lowest BCUT2D eigenvalue weighted by atomic mass is 10.2. The number of rotatable bonds is 5. The average molecular weight is 413 g/mol. The summed E-state index contributed by atoms with van der Waals surface area (Å²) in [5.74, 6) is -0.218. The molecule has 0 bridgehead atoms. The van der Waals surface area contributed by atoms with Crippen LogP contribution in [0.25, 0.3) is 16.9 Å². The molecule has 0 fully saturated rings.